The lowest BCUT2D eigenvalue weighted by Gasteiger charge is -2.31. The summed E-state index contributed by atoms with van der Waals surface area (Å²) in [5.41, 5.74) is 2.49. The Morgan fingerprint density at radius 3 is 2.05 bits per heavy atom. The number of fused-ring (bicyclic) bond motifs is 8. The summed E-state index contributed by atoms with van der Waals surface area (Å²) < 4.78 is 7.36. The maximum atomic E-state index is 10.5. The Balaban J connectivity index is 1.89. The maximum Gasteiger partial charge on any atom is 0.198 e. The first-order valence-electron chi connectivity index (χ1n) is 7.28. The molecule has 4 unspecified atom stereocenters. The summed E-state index contributed by atoms with van der Waals surface area (Å²) in [4.78, 5) is 0. The molecule has 4 nitrogen and oxygen atoms in total. The molecule has 3 aliphatic rings. The quantitative estimate of drug-likeness (QED) is 0.511. The van der Waals surface area contributed by atoms with Gasteiger partial charge in [0.1, 0.15) is 0 Å². The molecule has 1 saturated carbocycles. The highest BCUT2D eigenvalue weighted by Gasteiger charge is 2.71. The lowest BCUT2D eigenvalue weighted by atomic mass is 9.95. The van der Waals surface area contributed by atoms with Crippen LogP contribution < -0.4 is 0 Å². The molecule has 0 amide bonds. The van der Waals surface area contributed by atoms with Gasteiger partial charge in [-0.05, 0) is 5.54 Å². The van der Waals surface area contributed by atoms with Crippen molar-refractivity contribution in [3.63, 3.8) is 0 Å². The summed E-state index contributed by atoms with van der Waals surface area (Å²) in [6.07, 6.45) is 2.24. The van der Waals surface area contributed by atoms with Crippen LogP contribution >= 0.6 is 0 Å². The van der Waals surface area contributed by atoms with Crippen molar-refractivity contribution in [2.24, 2.45) is 0 Å². The molecule has 2 N–H and O–H groups in total. The van der Waals surface area contributed by atoms with E-state index in [4.69, 9.17) is 4.74 Å². The van der Waals surface area contributed by atoms with Crippen molar-refractivity contribution in [3.8, 4) is 11.8 Å². The van der Waals surface area contributed by atoms with E-state index < -0.39 is 8.07 Å². The van der Waals surface area contributed by atoms with Crippen LogP contribution in [-0.2, 0) is 11.3 Å². The van der Waals surface area contributed by atoms with Gasteiger partial charge in [-0.2, -0.15) is 0 Å². The Morgan fingerprint density at radius 1 is 1.15 bits per heavy atom. The van der Waals surface area contributed by atoms with E-state index in [9.17, 15) is 10.2 Å². The second-order valence-corrected chi connectivity index (χ2v) is 12.8. The summed E-state index contributed by atoms with van der Waals surface area (Å²) in [6.45, 7) is 11.3. The summed E-state index contributed by atoms with van der Waals surface area (Å²) in [5, 5.41) is 21.0. The van der Waals surface area contributed by atoms with Gasteiger partial charge in [0.15, 0.2) is 11.8 Å². The number of aromatic nitrogens is 1. The molecular weight excluding hydrogens is 270 g/mol. The lowest BCUT2D eigenvalue weighted by molar-refractivity contribution is 0.286. The minimum absolute atomic E-state index is 0.224. The molecule has 2 aliphatic carbocycles. The van der Waals surface area contributed by atoms with E-state index in [1.165, 1.54) is 0 Å². The molecule has 0 aromatic carbocycles. The predicted molar refractivity (Wildman–Crippen MR) is 79.2 cm³/mol. The fourth-order valence-electron chi connectivity index (χ4n) is 4.70. The molecule has 0 radical (unpaired) electrons. The van der Waals surface area contributed by atoms with Crippen molar-refractivity contribution in [1.29, 1.82) is 0 Å². The zero-order chi connectivity index (χ0) is 14.4. The smallest absolute Gasteiger partial charge is 0.198 e. The Kier molecular flexibility index (Phi) is 2.20. The number of rotatable bonds is 3. The third kappa shape index (κ3) is 1.25. The zero-order valence-corrected chi connectivity index (χ0v) is 13.1. The Hall–Kier alpha value is -1.20. The van der Waals surface area contributed by atoms with Gasteiger partial charge in [0.05, 0.1) is 12.2 Å². The van der Waals surface area contributed by atoms with Gasteiger partial charge in [-0.25, -0.2) is 0 Å². The topological polar surface area (TPSA) is 57.9 Å². The maximum absolute atomic E-state index is 10.5. The molecule has 2 heterocycles. The first-order chi connectivity index (χ1) is 9.38. The third-order valence-corrected chi connectivity index (χ3v) is 8.02. The van der Waals surface area contributed by atoms with E-state index in [1.54, 1.807) is 10.6 Å². The molecule has 20 heavy (non-hydrogen) atoms. The highest BCUT2D eigenvalue weighted by Crippen LogP contribution is 2.74. The van der Waals surface area contributed by atoms with Crippen LogP contribution in [0.25, 0.3) is 0 Å². The van der Waals surface area contributed by atoms with Crippen molar-refractivity contribution >= 4 is 8.07 Å². The molecule has 2 fully saturated rings. The number of hydrogen-bond donors (Lipinski definition) is 2. The first kappa shape index (κ1) is 12.5. The van der Waals surface area contributed by atoms with E-state index in [2.05, 4.69) is 26.2 Å². The second-order valence-electron chi connectivity index (χ2n) is 7.38. The Bertz CT molecular complexity index is 576. The number of ether oxygens (including phenoxy) is 1. The van der Waals surface area contributed by atoms with Crippen LogP contribution in [0.15, 0.2) is 12.7 Å². The van der Waals surface area contributed by atoms with E-state index in [0.717, 1.165) is 11.1 Å². The zero-order valence-electron chi connectivity index (χ0n) is 12.1. The average Bonchev–Trinajstić information content (AvgIpc) is 2.92. The second kappa shape index (κ2) is 3.51. The van der Waals surface area contributed by atoms with Crippen molar-refractivity contribution < 1.29 is 14.9 Å². The minimum atomic E-state index is -1.37. The van der Waals surface area contributed by atoms with Crippen molar-refractivity contribution in [2.45, 2.75) is 55.8 Å². The van der Waals surface area contributed by atoms with Gasteiger partial charge in [-0.15, -0.1) is 6.58 Å². The lowest BCUT2D eigenvalue weighted by Crippen LogP contribution is -2.32. The molecule has 1 aromatic rings. The molecule has 0 spiro atoms. The largest absolute Gasteiger partial charge is 0.494 e. The highest BCUT2D eigenvalue weighted by molar-refractivity contribution is 6.78. The SMILES string of the molecule is C=CCn1c(O)c2c(c1O)C1C3OC3C2C1[Si](C)(C)C. The Labute approximate surface area is 119 Å². The molecule has 1 saturated heterocycles. The number of epoxide rings is 1. The van der Waals surface area contributed by atoms with Gasteiger partial charge in [-0.1, -0.05) is 25.7 Å². The van der Waals surface area contributed by atoms with Crippen LogP contribution in [0.1, 0.15) is 23.0 Å². The van der Waals surface area contributed by atoms with Gasteiger partial charge < -0.3 is 14.9 Å². The summed E-state index contributed by atoms with van der Waals surface area (Å²) in [6, 6.07) is 0. The fourth-order valence-corrected chi connectivity index (χ4v) is 7.57. The van der Waals surface area contributed by atoms with Gasteiger partial charge in [0.25, 0.3) is 0 Å². The molecule has 1 aromatic heterocycles. The van der Waals surface area contributed by atoms with E-state index in [0.29, 0.717) is 12.1 Å². The minimum Gasteiger partial charge on any atom is -0.494 e. The molecular formula is C15H21NO3Si. The van der Waals surface area contributed by atoms with Crippen LogP contribution in [0.5, 0.6) is 11.8 Å². The molecule has 5 heteroatoms. The van der Waals surface area contributed by atoms with Crippen LogP contribution in [-0.4, -0.2) is 35.1 Å². The summed E-state index contributed by atoms with van der Waals surface area (Å²) in [7, 11) is -1.37. The van der Waals surface area contributed by atoms with E-state index in [-0.39, 0.29) is 35.8 Å². The van der Waals surface area contributed by atoms with Crippen LogP contribution in [0, 0.1) is 0 Å². The number of hydrogen-bond acceptors (Lipinski definition) is 3. The average molecular weight is 291 g/mol. The third-order valence-electron chi connectivity index (χ3n) is 5.30. The Morgan fingerprint density at radius 2 is 1.65 bits per heavy atom. The number of nitrogens with zero attached hydrogens (tertiary/aromatic N) is 1. The molecule has 1 aliphatic heterocycles. The highest BCUT2D eigenvalue weighted by atomic mass is 28.3. The number of allylic oxidation sites excluding steroid dienone is 1. The standard InChI is InChI=1S/C15H21NO3Si/c1-5-6-16-14(17)7-8(15(16)18)10-12-11(19-12)9(7)13(10)20(2,3)4/h5,9-13,17-18H,1,6H2,2-4H3. The summed E-state index contributed by atoms with van der Waals surface area (Å²) in [5.74, 6) is 1.01. The van der Waals surface area contributed by atoms with Gasteiger partial charge in [-0.3, -0.25) is 4.57 Å². The van der Waals surface area contributed by atoms with Crippen LogP contribution in [0.2, 0.25) is 25.2 Å². The summed E-state index contributed by atoms with van der Waals surface area (Å²) >= 11 is 0. The van der Waals surface area contributed by atoms with Crippen molar-refractivity contribution in [2.75, 3.05) is 0 Å². The van der Waals surface area contributed by atoms with Gasteiger partial charge >= 0.3 is 0 Å². The predicted octanol–water partition coefficient (Wildman–Crippen LogP) is 2.76. The van der Waals surface area contributed by atoms with Crippen LogP contribution in [0.4, 0.5) is 0 Å². The van der Waals surface area contributed by atoms with E-state index >= 15 is 0 Å². The first-order valence-corrected chi connectivity index (χ1v) is 10.9. The molecule has 108 valence electrons. The van der Waals surface area contributed by atoms with Crippen molar-refractivity contribution in [3.05, 3.63) is 23.8 Å². The van der Waals surface area contributed by atoms with Crippen molar-refractivity contribution in [1.82, 2.24) is 4.57 Å². The van der Waals surface area contributed by atoms with Gasteiger partial charge in [0, 0.05) is 37.6 Å². The monoisotopic (exact) mass is 291 g/mol. The van der Waals surface area contributed by atoms with Gasteiger partial charge in [0.2, 0.25) is 0 Å². The van der Waals surface area contributed by atoms with E-state index in [1.807, 2.05) is 0 Å². The normalized spacial score (nSPS) is 36.9. The molecule has 4 rings (SSSR count). The molecule has 2 bridgehead atoms. The fraction of sp³-hybridized carbons (Fsp3) is 0.600. The number of aromatic hydroxyl groups is 2. The van der Waals surface area contributed by atoms with Crippen LogP contribution in [0.3, 0.4) is 0 Å². The molecule has 4 atom stereocenters.